The summed E-state index contributed by atoms with van der Waals surface area (Å²) in [6, 6.07) is 6.00. The van der Waals surface area contributed by atoms with Crippen molar-refractivity contribution in [2.75, 3.05) is 5.32 Å². The van der Waals surface area contributed by atoms with Gasteiger partial charge in [0.05, 0.1) is 24.1 Å². The standard InChI is InChI=1S/C20H26N6/c1-14(2)19-24-17(20(3,4)5)10-18(25-19)23-16-11-22-26(13-16)12-15-6-8-21-9-7-15/h6-11,13-14H,12H2,1-5H3,(H,23,24,25). The quantitative estimate of drug-likeness (QED) is 0.744. The Kier molecular flexibility index (Phi) is 5.02. The molecule has 3 aromatic rings. The molecular weight excluding hydrogens is 324 g/mol. The molecule has 6 nitrogen and oxygen atoms in total. The van der Waals surface area contributed by atoms with Crippen molar-refractivity contribution in [3.63, 3.8) is 0 Å². The smallest absolute Gasteiger partial charge is 0.134 e. The van der Waals surface area contributed by atoms with Crippen LogP contribution in [0.1, 0.15) is 57.6 Å². The third-order valence-corrected chi connectivity index (χ3v) is 4.03. The van der Waals surface area contributed by atoms with Crippen LogP contribution >= 0.6 is 0 Å². The third kappa shape index (κ3) is 4.45. The van der Waals surface area contributed by atoms with Crippen LogP contribution in [0.5, 0.6) is 0 Å². The van der Waals surface area contributed by atoms with Gasteiger partial charge in [0.25, 0.3) is 0 Å². The number of hydrogen-bond donors (Lipinski definition) is 1. The Labute approximate surface area is 154 Å². The summed E-state index contributed by atoms with van der Waals surface area (Å²) in [4.78, 5) is 13.4. The van der Waals surface area contributed by atoms with Gasteiger partial charge in [0.15, 0.2) is 0 Å². The van der Waals surface area contributed by atoms with Crippen LogP contribution in [0.2, 0.25) is 0 Å². The van der Waals surface area contributed by atoms with Gasteiger partial charge in [-0.05, 0) is 17.7 Å². The van der Waals surface area contributed by atoms with Gasteiger partial charge in [-0.2, -0.15) is 5.10 Å². The number of nitrogens with one attached hydrogen (secondary N) is 1. The van der Waals surface area contributed by atoms with Crippen LogP contribution in [0, 0.1) is 0 Å². The first-order valence-corrected chi connectivity index (χ1v) is 8.89. The van der Waals surface area contributed by atoms with Crippen LogP contribution in [-0.2, 0) is 12.0 Å². The lowest BCUT2D eigenvalue weighted by molar-refractivity contribution is 0.559. The fourth-order valence-corrected chi connectivity index (χ4v) is 2.51. The van der Waals surface area contributed by atoms with Crippen LogP contribution in [-0.4, -0.2) is 24.7 Å². The lowest BCUT2D eigenvalue weighted by Crippen LogP contribution is -2.16. The van der Waals surface area contributed by atoms with E-state index in [-0.39, 0.29) is 11.3 Å². The van der Waals surface area contributed by atoms with E-state index in [0.717, 1.165) is 28.6 Å². The molecule has 0 amide bonds. The first-order chi connectivity index (χ1) is 12.3. The SMILES string of the molecule is CC(C)c1nc(Nc2cnn(Cc3ccncc3)c2)cc(C(C)(C)C)n1. The molecule has 26 heavy (non-hydrogen) atoms. The predicted octanol–water partition coefficient (Wildman–Crippen LogP) is 4.28. The number of aromatic nitrogens is 5. The van der Waals surface area contributed by atoms with Crippen molar-refractivity contribution in [3.05, 3.63) is 60.1 Å². The van der Waals surface area contributed by atoms with Gasteiger partial charge in [-0.1, -0.05) is 34.6 Å². The first-order valence-electron chi connectivity index (χ1n) is 8.89. The van der Waals surface area contributed by atoms with Gasteiger partial charge >= 0.3 is 0 Å². The summed E-state index contributed by atoms with van der Waals surface area (Å²) in [5, 5.41) is 7.80. The van der Waals surface area contributed by atoms with Crippen LogP contribution in [0.4, 0.5) is 11.5 Å². The van der Waals surface area contributed by atoms with E-state index in [1.54, 1.807) is 12.4 Å². The minimum absolute atomic E-state index is 0.0332. The zero-order valence-corrected chi connectivity index (χ0v) is 16.1. The van der Waals surface area contributed by atoms with Crippen molar-refractivity contribution in [1.29, 1.82) is 0 Å². The monoisotopic (exact) mass is 350 g/mol. The molecule has 0 atom stereocenters. The molecule has 0 fully saturated rings. The highest BCUT2D eigenvalue weighted by Gasteiger charge is 2.19. The number of rotatable bonds is 5. The molecule has 0 aliphatic carbocycles. The average Bonchev–Trinajstić information content (AvgIpc) is 3.01. The van der Waals surface area contributed by atoms with Gasteiger partial charge in [0, 0.05) is 36.0 Å². The fourth-order valence-electron chi connectivity index (χ4n) is 2.51. The van der Waals surface area contributed by atoms with Crippen LogP contribution < -0.4 is 5.32 Å². The third-order valence-electron chi connectivity index (χ3n) is 4.03. The second-order valence-corrected chi connectivity index (χ2v) is 7.81. The van der Waals surface area contributed by atoms with E-state index in [4.69, 9.17) is 4.98 Å². The highest BCUT2D eigenvalue weighted by atomic mass is 15.3. The molecule has 3 aromatic heterocycles. The largest absolute Gasteiger partial charge is 0.338 e. The van der Waals surface area contributed by atoms with Crippen LogP contribution in [0.3, 0.4) is 0 Å². The van der Waals surface area contributed by atoms with Crippen molar-refractivity contribution >= 4 is 11.5 Å². The van der Waals surface area contributed by atoms with E-state index in [9.17, 15) is 0 Å². The molecular formula is C20H26N6. The predicted molar refractivity (Wildman–Crippen MR) is 104 cm³/mol. The Bertz CT molecular complexity index is 862. The normalized spacial score (nSPS) is 11.8. The van der Waals surface area contributed by atoms with Crippen molar-refractivity contribution in [2.24, 2.45) is 0 Å². The summed E-state index contributed by atoms with van der Waals surface area (Å²) in [6.07, 6.45) is 7.38. The Morgan fingerprint density at radius 3 is 2.50 bits per heavy atom. The maximum Gasteiger partial charge on any atom is 0.134 e. The zero-order valence-electron chi connectivity index (χ0n) is 16.1. The Morgan fingerprint density at radius 1 is 1.12 bits per heavy atom. The lowest BCUT2D eigenvalue weighted by Gasteiger charge is -2.20. The van der Waals surface area contributed by atoms with Gasteiger partial charge in [-0.25, -0.2) is 9.97 Å². The van der Waals surface area contributed by atoms with Gasteiger partial charge in [-0.3, -0.25) is 9.67 Å². The molecule has 0 aromatic carbocycles. The minimum atomic E-state index is -0.0332. The molecule has 0 unspecified atom stereocenters. The minimum Gasteiger partial charge on any atom is -0.338 e. The summed E-state index contributed by atoms with van der Waals surface area (Å²) >= 11 is 0. The molecule has 0 radical (unpaired) electrons. The average molecular weight is 350 g/mol. The highest BCUT2D eigenvalue weighted by Crippen LogP contribution is 2.25. The fraction of sp³-hybridized carbons (Fsp3) is 0.400. The summed E-state index contributed by atoms with van der Waals surface area (Å²) in [7, 11) is 0. The van der Waals surface area contributed by atoms with Gasteiger partial charge < -0.3 is 5.32 Å². The van der Waals surface area contributed by atoms with E-state index in [0.29, 0.717) is 6.54 Å². The molecule has 136 valence electrons. The van der Waals surface area contributed by atoms with E-state index in [1.807, 2.05) is 35.3 Å². The number of anilines is 2. The molecule has 0 spiro atoms. The first kappa shape index (κ1) is 18.0. The summed E-state index contributed by atoms with van der Waals surface area (Å²) in [5.74, 6) is 1.92. The maximum atomic E-state index is 4.73. The molecule has 3 heterocycles. The Balaban J connectivity index is 1.81. The molecule has 3 rings (SSSR count). The topological polar surface area (TPSA) is 68.5 Å². The Morgan fingerprint density at radius 2 is 1.85 bits per heavy atom. The number of nitrogens with zero attached hydrogens (tertiary/aromatic N) is 5. The molecule has 0 saturated heterocycles. The van der Waals surface area contributed by atoms with Crippen molar-refractivity contribution in [2.45, 2.75) is 52.5 Å². The molecule has 0 aliphatic rings. The van der Waals surface area contributed by atoms with E-state index in [1.165, 1.54) is 0 Å². The number of pyridine rings is 1. The summed E-state index contributed by atoms with van der Waals surface area (Å²) < 4.78 is 1.90. The summed E-state index contributed by atoms with van der Waals surface area (Å²) in [5.41, 5.74) is 3.07. The van der Waals surface area contributed by atoms with Crippen molar-refractivity contribution < 1.29 is 0 Å². The second-order valence-electron chi connectivity index (χ2n) is 7.81. The van der Waals surface area contributed by atoms with E-state index in [2.05, 4.69) is 55.0 Å². The molecule has 1 N–H and O–H groups in total. The summed E-state index contributed by atoms with van der Waals surface area (Å²) in [6.45, 7) is 11.4. The zero-order chi connectivity index (χ0) is 18.7. The van der Waals surface area contributed by atoms with Crippen LogP contribution in [0.25, 0.3) is 0 Å². The molecule has 6 heteroatoms. The maximum absolute atomic E-state index is 4.73. The van der Waals surface area contributed by atoms with E-state index >= 15 is 0 Å². The van der Waals surface area contributed by atoms with Gasteiger partial charge in [0.1, 0.15) is 11.6 Å². The lowest BCUT2D eigenvalue weighted by atomic mass is 9.91. The van der Waals surface area contributed by atoms with Crippen molar-refractivity contribution in [3.8, 4) is 0 Å². The van der Waals surface area contributed by atoms with Crippen molar-refractivity contribution in [1.82, 2.24) is 24.7 Å². The second kappa shape index (κ2) is 7.23. The molecule has 0 saturated carbocycles. The van der Waals surface area contributed by atoms with E-state index < -0.39 is 0 Å². The number of hydrogen-bond acceptors (Lipinski definition) is 5. The van der Waals surface area contributed by atoms with Crippen LogP contribution in [0.15, 0.2) is 43.0 Å². The van der Waals surface area contributed by atoms with Gasteiger partial charge in [-0.15, -0.1) is 0 Å². The van der Waals surface area contributed by atoms with Gasteiger partial charge in [0.2, 0.25) is 0 Å². The highest BCUT2D eigenvalue weighted by molar-refractivity contribution is 5.54. The Hall–Kier alpha value is -2.76. The molecule has 0 aliphatic heterocycles. The molecule has 0 bridgehead atoms.